The van der Waals surface area contributed by atoms with E-state index in [1.807, 2.05) is 13.8 Å². The SMILES string of the molecule is CCCN1C(=O)C(N)C(N)N(CCC)C1=O. The molecule has 1 rings (SSSR count). The Balaban J connectivity index is 2.88. The molecule has 1 heterocycles. The monoisotopic (exact) mass is 228 g/mol. The quantitative estimate of drug-likeness (QED) is 0.690. The summed E-state index contributed by atoms with van der Waals surface area (Å²) in [5.74, 6) is -0.369. The minimum Gasteiger partial charge on any atom is -0.317 e. The predicted octanol–water partition coefficient (Wildman–Crippen LogP) is -0.317. The van der Waals surface area contributed by atoms with E-state index < -0.39 is 12.2 Å². The van der Waals surface area contributed by atoms with Crippen molar-refractivity contribution in [3.05, 3.63) is 0 Å². The third-order valence-corrected chi connectivity index (χ3v) is 2.67. The van der Waals surface area contributed by atoms with E-state index in [0.29, 0.717) is 13.1 Å². The molecule has 2 unspecified atom stereocenters. The molecule has 0 bridgehead atoms. The van der Waals surface area contributed by atoms with Gasteiger partial charge in [0, 0.05) is 13.1 Å². The van der Waals surface area contributed by atoms with Gasteiger partial charge in [0.15, 0.2) is 0 Å². The molecule has 1 aliphatic heterocycles. The molecule has 0 radical (unpaired) electrons. The highest BCUT2D eigenvalue weighted by molar-refractivity contribution is 6.00. The van der Waals surface area contributed by atoms with Crippen LogP contribution in [0.3, 0.4) is 0 Å². The first-order valence-corrected chi connectivity index (χ1v) is 5.67. The van der Waals surface area contributed by atoms with Crippen LogP contribution in [-0.2, 0) is 4.79 Å². The first-order chi connectivity index (χ1) is 7.54. The summed E-state index contributed by atoms with van der Waals surface area (Å²) in [5, 5.41) is 0. The van der Waals surface area contributed by atoms with Gasteiger partial charge in [0.05, 0.1) is 0 Å². The van der Waals surface area contributed by atoms with Crippen molar-refractivity contribution in [2.75, 3.05) is 13.1 Å². The second kappa shape index (κ2) is 5.27. The molecule has 1 aliphatic rings. The first kappa shape index (κ1) is 12.9. The minimum absolute atomic E-state index is 0.317. The zero-order valence-electron chi connectivity index (χ0n) is 9.85. The Hall–Kier alpha value is -1.14. The number of hydrogen-bond acceptors (Lipinski definition) is 4. The summed E-state index contributed by atoms with van der Waals surface area (Å²) in [5.41, 5.74) is 11.5. The lowest BCUT2D eigenvalue weighted by Gasteiger charge is -2.41. The molecule has 92 valence electrons. The van der Waals surface area contributed by atoms with Gasteiger partial charge in [-0.25, -0.2) is 4.79 Å². The fourth-order valence-electron chi connectivity index (χ4n) is 1.81. The maximum Gasteiger partial charge on any atom is 0.328 e. The van der Waals surface area contributed by atoms with Crippen LogP contribution in [0, 0.1) is 0 Å². The molecule has 2 atom stereocenters. The summed E-state index contributed by atoms with van der Waals surface area (Å²) < 4.78 is 0. The lowest BCUT2D eigenvalue weighted by atomic mass is 10.1. The topological polar surface area (TPSA) is 92.7 Å². The van der Waals surface area contributed by atoms with Gasteiger partial charge < -0.3 is 16.4 Å². The van der Waals surface area contributed by atoms with E-state index in [1.54, 1.807) is 0 Å². The van der Waals surface area contributed by atoms with Crippen molar-refractivity contribution in [1.82, 2.24) is 9.80 Å². The van der Waals surface area contributed by atoms with Gasteiger partial charge >= 0.3 is 6.03 Å². The second-order valence-corrected chi connectivity index (χ2v) is 3.98. The normalized spacial score (nSPS) is 26.5. The molecule has 0 aromatic carbocycles. The van der Waals surface area contributed by atoms with Gasteiger partial charge in [-0.1, -0.05) is 13.8 Å². The van der Waals surface area contributed by atoms with Crippen molar-refractivity contribution in [2.45, 2.75) is 38.9 Å². The number of carbonyl (C=O) groups is 2. The van der Waals surface area contributed by atoms with Crippen LogP contribution >= 0.6 is 0 Å². The standard InChI is InChI=1S/C10H20N4O2/c1-3-5-13-8(12)7(11)9(15)14(6-4-2)10(13)16/h7-8H,3-6,11-12H2,1-2H3. The van der Waals surface area contributed by atoms with Gasteiger partial charge in [0.2, 0.25) is 0 Å². The lowest BCUT2D eigenvalue weighted by molar-refractivity contribution is -0.134. The Morgan fingerprint density at radius 3 is 2.19 bits per heavy atom. The highest BCUT2D eigenvalue weighted by Crippen LogP contribution is 2.14. The summed E-state index contributed by atoms with van der Waals surface area (Å²) >= 11 is 0. The number of nitrogens with zero attached hydrogens (tertiary/aromatic N) is 2. The van der Waals surface area contributed by atoms with Crippen molar-refractivity contribution in [1.29, 1.82) is 0 Å². The van der Waals surface area contributed by atoms with Crippen molar-refractivity contribution in [2.24, 2.45) is 11.5 Å². The van der Waals surface area contributed by atoms with Crippen LogP contribution in [0.1, 0.15) is 26.7 Å². The fourth-order valence-corrected chi connectivity index (χ4v) is 1.81. The Morgan fingerprint density at radius 2 is 1.69 bits per heavy atom. The fraction of sp³-hybridized carbons (Fsp3) is 0.800. The Morgan fingerprint density at radius 1 is 1.12 bits per heavy atom. The molecule has 6 heteroatoms. The van der Waals surface area contributed by atoms with E-state index in [9.17, 15) is 9.59 Å². The van der Waals surface area contributed by atoms with E-state index in [-0.39, 0.29) is 11.9 Å². The largest absolute Gasteiger partial charge is 0.328 e. The highest BCUT2D eigenvalue weighted by atomic mass is 16.2. The van der Waals surface area contributed by atoms with Crippen LogP contribution in [0.2, 0.25) is 0 Å². The molecular weight excluding hydrogens is 208 g/mol. The molecule has 0 aromatic heterocycles. The number of nitrogens with two attached hydrogens (primary N) is 2. The van der Waals surface area contributed by atoms with E-state index in [2.05, 4.69) is 0 Å². The molecule has 0 saturated carbocycles. The van der Waals surface area contributed by atoms with Crippen LogP contribution in [-0.4, -0.2) is 47.0 Å². The number of imide groups is 1. The Bertz CT molecular complexity index is 282. The number of rotatable bonds is 4. The molecule has 0 spiro atoms. The Labute approximate surface area is 95.5 Å². The van der Waals surface area contributed by atoms with E-state index in [4.69, 9.17) is 11.5 Å². The molecule has 0 aliphatic carbocycles. The molecular formula is C10H20N4O2. The van der Waals surface area contributed by atoms with Crippen molar-refractivity contribution >= 4 is 11.9 Å². The smallest absolute Gasteiger partial charge is 0.317 e. The van der Waals surface area contributed by atoms with Gasteiger partial charge in [-0.15, -0.1) is 0 Å². The number of carbonyl (C=O) groups excluding carboxylic acids is 2. The van der Waals surface area contributed by atoms with Crippen LogP contribution < -0.4 is 11.5 Å². The third-order valence-electron chi connectivity index (χ3n) is 2.67. The van der Waals surface area contributed by atoms with Crippen molar-refractivity contribution in [3.8, 4) is 0 Å². The molecule has 1 fully saturated rings. The summed E-state index contributed by atoms with van der Waals surface area (Å²) in [6.45, 7) is 4.79. The first-order valence-electron chi connectivity index (χ1n) is 5.67. The van der Waals surface area contributed by atoms with Crippen molar-refractivity contribution in [3.63, 3.8) is 0 Å². The summed E-state index contributed by atoms with van der Waals surface area (Å²) in [4.78, 5) is 26.4. The Kier molecular flexibility index (Phi) is 4.26. The van der Waals surface area contributed by atoms with E-state index in [0.717, 1.165) is 12.8 Å². The average molecular weight is 228 g/mol. The van der Waals surface area contributed by atoms with Crippen LogP contribution in [0.4, 0.5) is 4.79 Å². The number of urea groups is 1. The van der Waals surface area contributed by atoms with Gasteiger partial charge in [-0.3, -0.25) is 9.69 Å². The van der Waals surface area contributed by atoms with Crippen molar-refractivity contribution < 1.29 is 9.59 Å². The lowest BCUT2D eigenvalue weighted by Crippen LogP contribution is -2.69. The summed E-state index contributed by atoms with van der Waals surface area (Å²) in [7, 11) is 0. The third kappa shape index (κ3) is 2.17. The predicted molar refractivity (Wildman–Crippen MR) is 60.3 cm³/mol. The van der Waals surface area contributed by atoms with E-state index >= 15 is 0 Å². The van der Waals surface area contributed by atoms with Gasteiger partial charge in [0.1, 0.15) is 12.2 Å². The van der Waals surface area contributed by atoms with Crippen LogP contribution in [0.5, 0.6) is 0 Å². The van der Waals surface area contributed by atoms with Gasteiger partial charge in [-0.05, 0) is 12.8 Å². The van der Waals surface area contributed by atoms with Gasteiger partial charge in [-0.2, -0.15) is 0 Å². The summed E-state index contributed by atoms with van der Waals surface area (Å²) in [6.07, 6.45) is 0.813. The van der Waals surface area contributed by atoms with Crippen LogP contribution in [0.15, 0.2) is 0 Å². The van der Waals surface area contributed by atoms with Gasteiger partial charge in [0.25, 0.3) is 5.91 Å². The number of amides is 3. The van der Waals surface area contributed by atoms with E-state index in [1.165, 1.54) is 9.80 Å². The molecule has 4 N–H and O–H groups in total. The zero-order valence-corrected chi connectivity index (χ0v) is 9.85. The number of hydrogen-bond donors (Lipinski definition) is 2. The molecule has 1 saturated heterocycles. The molecule has 16 heavy (non-hydrogen) atoms. The molecule has 3 amide bonds. The average Bonchev–Trinajstić information content (AvgIpc) is 2.28. The molecule has 6 nitrogen and oxygen atoms in total. The minimum atomic E-state index is -0.809. The molecule has 0 aromatic rings. The second-order valence-electron chi connectivity index (χ2n) is 3.98. The zero-order chi connectivity index (χ0) is 12.3. The highest BCUT2D eigenvalue weighted by Gasteiger charge is 2.41. The maximum atomic E-state index is 12.0. The van der Waals surface area contributed by atoms with Crippen LogP contribution in [0.25, 0.3) is 0 Å². The summed E-state index contributed by atoms with van der Waals surface area (Å²) in [6, 6.07) is -1.13. The maximum absolute atomic E-state index is 12.0.